The summed E-state index contributed by atoms with van der Waals surface area (Å²) in [6.07, 6.45) is -3.29. The maximum absolute atomic E-state index is 13.3. The van der Waals surface area contributed by atoms with Crippen molar-refractivity contribution < 1.29 is 18.0 Å². The lowest BCUT2D eigenvalue weighted by Crippen LogP contribution is -2.39. The summed E-state index contributed by atoms with van der Waals surface area (Å²) < 4.78 is 40.7. The number of rotatable bonds is 5. The van der Waals surface area contributed by atoms with E-state index in [1.165, 1.54) is 13.0 Å². The zero-order valence-corrected chi connectivity index (χ0v) is 15.2. The standard InChI is InChI=1S/C18H22F3N3O2/c1-5-6-7-22-16(25)12(4)24-14-9-11(3)10(2)8-13(14)23-15(17(24)26)18(19,20)21/h8-9,12H,5-7H2,1-4H3,(H,22,25)/t12-/m1/s1. The molecule has 8 heteroatoms. The predicted molar refractivity (Wildman–Crippen MR) is 93.1 cm³/mol. The van der Waals surface area contributed by atoms with E-state index < -0.39 is 29.4 Å². The summed E-state index contributed by atoms with van der Waals surface area (Å²) in [6, 6.07) is 2.00. The van der Waals surface area contributed by atoms with E-state index in [-0.39, 0.29) is 11.0 Å². The van der Waals surface area contributed by atoms with Crippen molar-refractivity contribution in [1.29, 1.82) is 0 Å². The molecule has 5 nitrogen and oxygen atoms in total. The number of unbranched alkanes of at least 4 members (excludes halogenated alkanes) is 1. The molecule has 1 aromatic carbocycles. The van der Waals surface area contributed by atoms with Crippen molar-refractivity contribution in [2.45, 2.75) is 52.8 Å². The van der Waals surface area contributed by atoms with E-state index >= 15 is 0 Å². The Morgan fingerprint density at radius 2 is 1.88 bits per heavy atom. The van der Waals surface area contributed by atoms with Crippen molar-refractivity contribution in [2.75, 3.05) is 6.54 Å². The highest BCUT2D eigenvalue weighted by Gasteiger charge is 2.38. The Morgan fingerprint density at radius 3 is 2.46 bits per heavy atom. The number of amides is 1. The second-order valence-corrected chi connectivity index (χ2v) is 6.38. The zero-order valence-electron chi connectivity index (χ0n) is 15.2. The number of carbonyl (C=O) groups is 1. The third-order valence-corrected chi connectivity index (χ3v) is 4.37. The maximum atomic E-state index is 13.3. The minimum absolute atomic E-state index is 0.0354. The molecule has 2 aromatic rings. The normalized spacial score (nSPS) is 13.0. The summed E-state index contributed by atoms with van der Waals surface area (Å²) in [4.78, 5) is 28.4. The number of aromatic nitrogens is 2. The maximum Gasteiger partial charge on any atom is 0.438 e. The van der Waals surface area contributed by atoms with Crippen LogP contribution in [0.15, 0.2) is 16.9 Å². The molecule has 0 radical (unpaired) electrons. The van der Waals surface area contributed by atoms with E-state index in [1.807, 2.05) is 6.92 Å². The van der Waals surface area contributed by atoms with Crippen LogP contribution >= 0.6 is 0 Å². The molecule has 0 aliphatic rings. The minimum atomic E-state index is -4.90. The number of nitrogens with one attached hydrogen (secondary N) is 1. The fourth-order valence-corrected chi connectivity index (χ4v) is 2.68. The molecule has 0 bridgehead atoms. The minimum Gasteiger partial charge on any atom is -0.354 e. The number of alkyl halides is 3. The molecule has 1 atom stereocenters. The van der Waals surface area contributed by atoms with Crippen molar-refractivity contribution in [2.24, 2.45) is 0 Å². The third kappa shape index (κ3) is 3.89. The van der Waals surface area contributed by atoms with Gasteiger partial charge in [0.1, 0.15) is 6.04 Å². The molecule has 0 spiro atoms. The lowest BCUT2D eigenvalue weighted by Gasteiger charge is -2.20. The van der Waals surface area contributed by atoms with E-state index in [0.717, 1.165) is 28.5 Å². The summed E-state index contributed by atoms with van der Waals surface area (Å²) in [5, 5.41) is 2.66. The van der Waals surface area contributed by atoms with Crippen LogP contribution in [0.5, 0.6) is 0 Å². The Bertz CT molecular complexity index is 888. The Morgan fingerprint density at radius 1 is 1.27 bits per heavy atom. The molecule has 0 saturated heterocycles. The van der Waals surface area contributed by atoms with Gasteiger partial charge in [-0.05, 0) is 50.5 Å². The first-order valence-electron chi connectivity index (χ1n) is 8.46. The van der Waals surface area contributed by atoms with E-state index in [4.69, 9.17) is 0 Å². The van der Waals surface area contributed by atoms with Gasteiger partial charge in [0, 0.05) is 6.54 Å². The Kier molecular flexibility index (Phi) is 5.73. The lowest BCUT2D eigenvalue weighted by atomic mass is 10.1. The number of benzene rings is 1. The van der Waals surface area contributed by atoms with Gasteiger partial charge < -0.3 is 5.32 Å². The molecule has 26 heavy (non-hydrogen) atoms. The highest BCUT2D eigenvalue weighted by atomic mass is 19.4. The summed E-state index contributed by atoms with van der Waals surface area (Å²) in [5.41, 5.74) is -1.03. The van der Waals surface area contributed by atoms with E-state index in [0.29, 0.717) is 6.54 Å². The first-order chi connectivity index (χ1) is 12.1. The van der Waals surface area contributed by atoms with Crippen molar-refractivity contribution >= 4 is 16.9 Å². The van der Waals surface area contributed by atoms with Gasteiger partial charge in [0.05, 0.1) is 11.0 Å². The largest absolute Gasteiger partial charge is 0.438 e. The van der Waals surface area contributed by atoms with Gasteiger partial charge in [-0.3, -0.25) is 14.2 Å². The van der Waals surface area contributed by atoms with E-state index in [9.17, 15) is 22.8 Å². The first-order valence-corrected chi connectivity index (χ1v) is 8.46. The van der Waals surface area contributed by atoms with Crippen LogP contribution in [0.1, 0.15) is 49.6 Å². The predicted octanol–water partition coefficient (Wildman–Crippen LogP) is 3.51. The molecule has 142 valence electrons. The monoisotopic (exact) mass is 369 g/mol. The second kappa shape index (κ2) is 7.47. The first kappa shape index (κ1) is 19.9. The molecule has 0 aliphatic heterocycles. The molecule has 2 rings (SSSR count). The van der Waals surface area contributed by atoms with Crippen LogP contribution in [0, 0.1) is 13.8 Å². The van der Waals surface area contributed by atoms with Gasteiger partial charge >= 0.3 is 6.18 Å². The van der Waals surface area contributed by atoms with Gasteiger partial charge in [0.15, 0.2) is 0 Å². The smallest absolute Gasteiger partial charge is 0.354 e. The summed E-state index contributed by atoms with van der Waals surface area (Å²) >= 11 is 0. The Hall–Kier alpha value is -2.38. The molecule has 0 aliphatic carbocycles. The highest BCUT2D eigenvalue weighted by Crippen LogP contribution is 2.28. The summed E-state index contributed by atoms with van der Waals surface area (Å²) in [5.74, 6) is -0.501. The van der Waals surface area contributed by atoms with Crippen molar-refractivity contribution in [3.8, 4) is 0 Å². The number of carbonyl (C=O) groups excluding carboxylic acids is 1. The lowest BCUT2D eigenvalue weighted by molar-refractivity contribution is -0.142. The number of hydrogen-bond donors (Lipinski definition) is 1. The van der Waals surface area contributed by atoms with Crippen LogP contribution in [0.3, 0.4) is 0 Å². The fourth-order valence-electron chi connectivity index (χ4n) is 2.68. The molecule has 1 N–H and O–H groups in total. The molecular formula is C18H22F3N3O2. The van der Waals surface area contributed by atoms with Gasteiger partial charge in [0.25, 0.3) is 5.56 Å². The average molecular weight is 369 g/mol. The van der Waals surface area contributed by atoms with Gasteiger partial charge in [0.2, 0.25) is 11.6 Å². The SMILES string of the molecule is CCCCNC(=O)[C@@H](C)n1c(=O)c(C(F)(F)F)nc2cc(C)c(C)cc21. The van der Waals surface area contributed by atoms with Crippen molar-refractivity contribution in [3.63, 3.8) is 0 Å². The zero-order chi connectivity index (χ0) is 19.6. The van der Waals surface area contributed by atoms with Gasteiger partial charge in [-0.15, -0.1) is 0 Å². The molecular weight excluding hydrogens is 347 g/mol. The molecule has 1 heterocycles. The highest BCUT2D eigenvalue weighted by molar-refractivity contribution is 5.84. The van der Waals surface area contributed by atoms with Crippen LogP contribution in [0.25, 0.3) is 11.0 Å². The van der Waals surface area contributed by atoms with E-state index in [2.05, 4.69) is 10.3 Å². The average Bonchev–Trinajstić information content (AvgIpc) is 2.54. The van der Waals surface area contributed by atoms with Crippen LogP contribution in [-0.4, -0.2) is 22.0 Å². The molecule has 0 saturated carbocycles. The number of fused-ring (bicyclic) bond motifs is 1. The Labute approximate surface area is 149 Å². The number of hydrogen-bond acceptors (Lipinski definition) is 3. The van der Waals surface area contributed by atoms with Crippen molar-refractivity contribution in [3.05, 3.63) is 39.3 Å². The Balaban J connectivity index is 2.69. The van der Waals surface area contributed by atoms with Crippen LogP contribution in [-0.2, 0) is 11.0 Å². The second-order valence-electron chi connectivity index (χ2n) is 6.38. The third-order valence-electron chi connectivity index (χ3n) is 4.37. The summed E-state index contributed by atoms with van der Waals surface area (Å²) in [7, 11) is 0. The van der Waals surface area contributed by atoms with Gasteiger partial charge in [-0.1, -0.05) is 13.3 Å². The van der Waals surface area contributed by atoms with Gasteiger partial charge in [-0.25, -0.2) is 4.98 Å². The number of nitrogens with zero attached hydrogens (tertiary/aromatic N) is 2. The van der Waals surface area contributed by atoms with Crippen LogP contribution < -0.4 is 10.9 Å². The number of aryl methyl sites for hydroxylation is 2. The quantitative estimate of drug-likeness (QED) is 0.821. The van der Waals surface area contributed by atoms with E-state index in [1.54, 1.807) is 19.9 Å². The van der Waals surface area contributed by atoms with Crippen LogP contribution in [0.2, 0.25) is 0 Å². The summed E-state index contributed by atoms with van der Waals surface area (Å²) in [6.45, 7) is 7.31. The topological polar surface area (TPSA) is 64.0 Å². The van der Waals surface area contributed by atoms with Crippen molar-refractivity contribution in [1.82, 2.24) is 14.9 Å². The molecule has 1 amide bonds. The fraction of sp³-hybridized carbons (Fsp3) is 0.500. The molecule has 1 aromatic heterocycles. The molecule has 0 unspecified atom stereocenters. The van der Waals surface area contributed by atoms with Crippen LogP contribution in [0.4, 0.5) is 13.2 Å². The molecule has 0 fully saturated rings. The van der Waals surface area contributed by atoms with Gasteiger partial charge in [-0.2, -0.15) is 13.2 Å². The number of halogens is 3.